The molecule has 0 aromatic carbocycles. The maximum absolute atomic E-state index is 5.59. The predicted octanol–water partition coefficient (Wildman–Crippen LogP) is 1.76. The number of fused-ring (bicyclic) bond motifs is 3. The van der Waals surface area contributed by atoms with Gasteiger partial charge >= 0.3 is 0 Å². The normalized spacial score (nSPS) is 15.3. The minimum atomic E-state index is 0.564. The summed E-state index contributed by atoms with van der Waals surface area (Å²) in [6.07, 6.45) is 1.60. The lowest BCUT2D eigenvalue weighted by Gasteiger charge is -2.28. The van der Waals surface area contributed by atoms with Crippen LogP contribution in [0.15, 0.2) is 12.4 Å². The Labute approximate surface area is 143 Å². The molecule has 3 aromatic heterocycles. The van der Waals surface area contributed by atoms with Crippen LogP contribution >= 0.6 is 11.3 Å². The van der Waals surface area contributed by atoms with E-state index in [1.807, 2.05) is 0 Å². The summed E-state index contributed by atoms with van der Waals surface area (Å²) in [7, 11) is 0. The van der Waals surface area contributed by atoms with E-state index in [0.717, 1.165) is 58.4 Å². The van der Waals surface area contributed by atoms with Crippen LogP contribution in [0.3, 0.4) is 0 Å². The molecule has 1 saturated heterocycles. The van der Waals surface area contributed by atoms with Gasteiger partial charge in [-0.15, -0.1) is 11.3 Å². The Hall–Kier alpha value is -2.03. The smallest absolute Gasteiger partial charge is 0.147 e. The number of hydrogen-bond donors (Lipinski definition) is 2. The van der Waals surface area contributed by atoms with Gasteiger partial charge in [-0.1, -0.05) is 0 Å². The van der Waals surface area contributed by atoms with Crippen LogP contribution in [0.1, 0.15) is 5.56 Å². The average Bonchev–Trinajstić information content (AvgIpc) is 3.00. The number of thiophene rings is 1. The second kappa shape index (κ2) is 6.46. The van der Waals surface area contributed by atoms with Crippen LogP contribution in [-0.2, 0) is 4.74 Å². The van der Waals surface area contributed by atoms with Gasteiger partial charge in [0.15, 0.2) is 0 Å². The van der Waals surface area contributed by atoms with E-state index in [2.05, 4.69) is 33.2 Å². The Morgan fingerprint density at radius 3 is 2.96 bits per heavy atom. The third-order valence-corrected chi connectivity index (χ3v) is 5.26. The molecule has 4 rings (SSSR count). The van der Waals surface area contributed by atoms with Crippen molar-refractivity contribution in [1.29, 1.82) is 0 Å². The number of ether oxygens (including phenoxy) is 1. The van der Waals surface area contributed by atoms with Gasteiger partial charge < -0.3 is 20.7 Å². The lowest BCUT2D eigenvalue weighted by Crippen LogP contribution is -2.36. The van der Waals surface area contributed by atoms with Crippen molar-refractivity contribution >= 4 is 43.4 Å². The summed E-state index contributed by atoms with van der Waals surface area (Å²) in [4.78, 5) is 17.0. The molecule has 1 aliphatic rings. The minimum absolute atomic E-state index is 0.564. The van der Waals surface area contributed by atoms with Crippen LogP contribution in [0.25, 0.3) is 20.4 Å². The Morgan fingerprint density at radius 2 is 2.17 bits per heavy atom. The molecule has 0 unspecified atom stereocenters. The molecular weight excluding hydrogens is 324 g/mol. The molecule has 4 heterocycles. The highest BCUT2D eigenvalue weighted by molar-refractivity contribution is 7.26. The first-order valence-corrected chi connectivity index (χ1v) is 8.91. The third-order valence-electron chi connectivity index (χ3n) is 4.18. The van der Waals surface area contributed by atoms with E-state index in [9.17, 15) is 0 Å². The monoisotopic (exact) mass is 344 g/mol. The molecule has 0 spiro atoms. The maximum Gasteiger partial charge on any atom is 0.147 e. The second-order valence-corrected chi connectivity index (χ2v) is 6.79. The molecule has 0 saturated carbocycles. The molecule has 0 atom stereocenters. The number of morpholine rings is 1. The lowest BCUT2D eigenvalue weighted by atomic mass is 10.2. The molecule has 3 N–H and O–H groups in total. The highest BCUT2D eigenvalue weighted by Crippen LogP contribution is 2.37. The van der Waals surface area contributed by atoms with Crippen LogP contribution in [0, 0.1) is 6.92 Å². The fourth-order valence-corrected chi connectivity index (χ4v) is 4.17. The van der Waals surface area contributed by atoms with Gasteiger partial charge in [0.25, 0.3) is 0 Å². The first-order chi connectivity index (χ1) is 11.8. The van der Waals surface area contributed by atoms with Crippen molar-refractivity contribution < 1.29 is 4.74 Å². The van der Waals surface area contributed by atoms with Gasteiger partial charge in [-0.3, -0.25) is 0 Å². The van der Waals surface area contributed by atoms with E-state index in [0.29, 0.717) is 13.1 Å². The fourth-order valence-electron chi connectivity index (χ4n) is 3.00. The van der Waals surface area contributed by atoms with Crippen molar-refractivity contribution in [2.24, 2.45) is 5.73 Å². The van der Waals surface area contributed by atoms with Crippen LogP contribution in [-0.4, -0.2) is 54.3 Å². The molecule has 0 amide bonds. The Bertz CT molecular complexity index is 874. The molecule has 24 heavy (non-hydrogen) atoms. The number of pyridine rings is 1. The molecular formula is C16H20N6OS. The second-order valence-electron chi connectivity index (χ2n) is 5.79. The SMILES string of the molecule is Cc1cc(N2CCOCC2)nc2sc3c(NCCN)ncnc3c12. The summed E-state index contributed by atoms with van der Waals surface area (Å²) in [5.41, 5.74) is 7.74. The number of nitrogens with zero attached hydrogens (tertiary/aromatic N) is 4. The van der Waals surface area contributed by atoms with Crippen LogP contribution < -0.4 is 16.0 Å². The van der Waals surface area contributed by atoms with Gasteiger partial charge in [0.2, 0.25) is 0 Å². The summed E-state index contributed by atoms with van der Waals surface area (Å²) < 4.78 is 6.47. The highest BCUT2D eigenvalue weighted by atomic mass is 32.1. The van der Waals surface area contributed by atoms with Crippen molar-refractivity contribution in [2.45, 2.75) is 6.92 Å². The van der Waals surface area contributed by atoms with E-state index in [1.54, 1.807) is 17.7 Å². The van der Waals surface area contributed by atoms with E-state index in [-0.39, 0.29) is 0 Å². The van der Waals surface area contributed by atoms with Gasteiger partial charge in [0.1, 0.15) is 22.8 Å². The summed E-state index contributed by atoms with van der Waals surface area (Å²) >= 11 is 1.63. The van der Waals surface area contributed by atoms with Crippen molar-refractivity contribution in [2.75, 3.05) is 49.6 Å². The molecule has 0 bridgehead atoms. The quantitative estimate of drug-likeness (QED) is 0.745. The minimum Gasteiger partial charge on any atom is -0.378 e. The van der Waals surface area contributed by atoms with E-state index in [1.165, 1.54) is 5.56 Å². The van der Waals surface area contributed by atoms with Crippen molar-refractivity contribution in [3.63, 3.8) is 0 Å². The van der Waals surface area contributed by atoms with Crippen molar-refractivity contribution in [1.82, 2.24) is 15.0 Å². The summed E-state index contributed by atoms with van der Waals surface area (Å²) in [5, 5.41) is 4.39. The number of aromatic nitrogens is 3. The Kier molecular flexibility index (Phi) is 4.17. The number of hydrogen-bond acceptors (Lipinski definition) is 8. The Morgan fingerprint density at radius 1 is 1.33 bits per heavy atom. The van der Waals surface area contributed by atoms with Crippen LogP contribution in [0.2, 0.25) is 0 Å². The van der Waals surface area contributed by atoms with E-state index < -0.39 is 0 Å². The average molecular weight is 344 g/mol. The van der Waals surface area contributed by atoms with E-state index in [4.69, 9.17) is 15.5 Å². The molecule has 3 aromatic rings. The number of rotatable bonds is 4. The highest BCUT2D eigenvalue weighted by Gasteiger charge is 2.18. The number of nitrogens with one attached hydrogen (secondary N) is 1. The number of anilines is 2. The number of aryl methyl sites for hydroxylation is 1. The maximum atomic E-state index is 5.59. The zero-order valence-corrected chi connectivity index (χ0v) is 14.4. The number of nitrogens with two attached hydrogens (primary N) is 1. The van der Waals surface area contributed by atoms with Gasteiger partial charge in [0.05, 0.1) is 23.4 Å². The molecule has 0 radical (unpaired) electrons. The van der Waals surface area contributed by atoms with Crippen LogP contribution in [0.4, 0.5) is 11.6 Å². The standard InChI is InChI=1S/C16H20N6OS/c1-10-8-11(22-4-6-23-7-5-22)21-16-12(10)13-14(24-16)15(18-3-2-17)20-9-19-13/h8-9H,2-7,17H2,1H3,(H,18,19,20). The summed E-state index contributed by atoms with van der Waals surface area (Å²) in [6.45, 7) is 6.64. The molecule has 126 valence electrons. The Balaban J connectivity index is 1.84. The van der Waals surface area contributed by atoms with Crippen molar-refractivity contribution in [3.8, 4) is 0 Å². The molecule has 8 heteroatoms. The molecule has 1 aliphatic heterocycles. The van der Waals surface area contributed by atoms with Crippen molar-refractivity contribution in [3.05, 3.63) is 18.0 Å². The largest absolute Gasteiger partial charge is 0.378 e. The third kappa shape index (κ3) is 2.66. The fraction of sp³-hybridized carbons (Fsp3) is 0.438. The summed E-state index contributed by atoms with van der Waals surface area (Å²) in [5.74, 6) is 1.85. The molecule has 7 nitrogen and oxygen atoms in total. The van der Waals surface area contributed by atoms with Crippen LogP contribution in [0.5, 0.6) is 0 Å². The van der Waals surface area contributed by atoms with Gasteiger partial charge in [-0.05, 0) is 18.6 Å². The van der Waals surface area contributed by atoms with Gasteiger partial charge in [0, 0.05) is 31.6 Å². The summed E-state index contributed by atoms with van der Waals surface area (Å²) in [6, 6.07) is 2.15. The van der Waals surface area contributed by atoms with Gasteiger partial charge in [-0.2, -0.15) is 0 Å². The first-order valence-electron chi connectivity index (χ1n) is 8.09. The van der Waals surface area contributed by atoms with E-state index >= 15 is 0 Å². The predicted molar refractivity (Wildman–Crippen MR) is 98.0 cm³/mol. The topological polar surface area (TPSA) is 89.2 Å². The lowest BCUT2D eigenvalue weighted by molar-refractivity contribution is 0.122. The first kappa shape index (κ1) is 15.5. The zero-order chi connectivity index (χ0) is 16.5. The molecule has 1 fully saturated rings. The van der Waals surface area contributed by atoms with Gasteiger partial charge in [-0.25, -0.2) is 15.0 Å². The molecule has 0 aliphatic carbocycles. The zero-order valence-electron chi connectivity index (χ0n) is 13.6.